The van der Waals surface area contributed by atoms with Gasteiger partial charge in [0.25, 0.3) is 0 Å². The molecule has 1 aromatic carbocycles. The molecule has 0 radical (unpaired) electrons. The van der Waals surface area contributed by atoms with Crippen LogP contribution in [-0.2, 0) is 0 Å². The summed E-state index contributed by atoms with van der Waals surface area (Å²) in [6.07, 6.45) is 0. The standard InChI is InChI=1S/C11H9IN4O3/c1-6-9(16(17)18)10(15-11(13)14-6)19-8-4-2-7(12)3-5-8/h2-5H,1H3,(H2,13,14,15). The van der Waals surface area contributed by atoms with Gasteiger partial charge in [0.2, 0.25) is 5.95 Å². The normalized spacial score (nSPS) is 10.2. The molecule has 1 heterocycles. The van der Waals surface area contributed by atoms with E-state index in [2.05, 4.69) is 32.6 Å². The van der Waals surface area contributed by atoms with Crippen molar-refractivity contribution >= 4 is 34.2 Å². The molecule has 0 aliphatic rings. The van der Waals surface area contributed by atoms with E-state index < -0.39 is 4.92 Å². The van der Waals surface area contributed by atoms with E-state index in [0.717, 1.165) is 3.57 Å². The van der Waals surface area contributed by atoms with Crippen LogP contribution in [0.5, 0.6) is 11.6 Å². The van der Waals surface area contributed by atoms with Crippen LogP contribution in [0.2, 0.25) is 0 Å². The summed E-state index contributed by atoms with van der Waals surface area (Å²) in [4.78, 5) is 17.9. The predicted molar refractivity (Wildman–Crippen MR) is 77.1 cm³/mol. The Morgan fingerprint density at radius 3 is 2.53 bits per heavy atom. The Morgan fingerprint density at radius 1 is 1.32 bits per heavy atom. The van der Waals surface area contributed by atoms with Gasteiger partial charge in [-0.1, -0.05) is 0 Å². The molecule has 0 aliphatic carbocycles. The molecule has 0 saturated heterocycles. The average Bonchev–Trinajstić information content (AvgIpc) is 2.30. The quantitative estimate of drug-likeness (QED) is 0.505. The molecule has 0 atom stereocenters. The predicted octanol–water partition coefficient (Wildman–Crippen LogP) is 2.67. The van der Waals surface area contributed by atoms with E-state index >= 15 is 0 Å². The van der Waals surface area contributed by atoms with Crippen molar-refractivity contribution in [3.8, 4) is 11.6 Å². The highest BCUT2D eigenvalue weighted by molar-refractivity contribution is 14.1. The maximum atomic E-state index is 11.0. The zero-order chi connectivity index (χ0) is 14.0. The number of nitrogens with zero attached hydrogens (tertiary/aromatic N) is 3. The lowest BCUT2D eigenvalue weighted by Crippen LogP contribution is -2.04. The van der Waals surface area contributed by atoms with Crippen molar-refractivity contribution in [3.05, 3.63) is 43.6 Å². The highest BCUT2D eigenvalue weighted by Gasteiger charge is 2.23. The number of nitro groups is 1. The lowest BCUT2D eigenvalue weighted by atomic mass is 10.3. The van der Waals surface area contributed by atoms with E-state index in [4.69, 9.17) is 10.5 Å². The van der Waals surface area contributed by atoms with E-state index in [1.54, 1.807) is 12.1 Å². The Hall–Kier alpha value is -1.97. The molecule has 0 amide bonds. The lowest BCUT2D eigenvalue weighted by Gasteiger charge is -2.07. The Labute approximate surface area is 122 Å². The zero-order valence-electron chi connectivity index (χ0n) is 9.83. The van der Waals surface area contributed by atoms with Crippen LogP contribution in [0.25, 0.3) is 0 Å². The van der Waals surface area contributed by atoms with Crippen molar-refractivity contribution in [1.29, 1.82) is 0 Å². The van der Waals surface area contributed by atoms with E-state index in [9.17, 15) is 10.1 Å². The number of aryl methyl sites for hydroxylation is 1. The van der Waals surface area contributed by atoms with Crippen molar-refractivity contribution in [1.82, 2.24) is 9.97 Å². The van der Waals surface area contributed by atoms with E-state index in [1.165, 1.54) is 6.92 Å². The van der Waals surface area contributed by atoms with Crippen LogP contribution in [0.3, 0.4) is 0 Å². The van der Waals surface area contributed by atoms with Gasteiger partial charge in [-0.25, -0.2) is 4.98 Å². The van der Waals surface area contributed by atoms with Gasteiger partial charge in [0.05, 0.1) is 4.92 Å². The fraction of sp³-hybridized carbons (Fsp3) is 0.0909. The van der Waals surface area contributed by atoms with Crippen LogP contribution >= 0.6 is 22.6 Å². The van der Waals surface area contributed by atoms with Crippen molar-refractivity contribution in [2.45, 2.75) is 6.92 Å². The van der Waals surface area contributed by atoms with E-state index in [0.29, 0.717) is 5.75 Å². The number of rotatable bonds is 3. The molecule has 1 aromatic heterocycles. The SMILES string of the molecule is Cc1nc(N)nc(Oc2ccc(I)cc2)c1[N+](=O)[O-]. The van der Waals surface area contributed by atoms with Crippen LogP contribution in [0.4, 0.5) is 11.6 Å². The van der Waals surface area contributed by atoms with Gasteiger partial charge < -0.3 is 10.5 Å². The van der Waals surface area contributed by atoms with Gasteiger partial charge in [-0.05, 0) is 53.8 Å². The molecule has 0 aliphatic heterocycles. The first-order chi connectivity index (χ1) is 8.97. The number of aromatic nitrogens is 2. The number of benzene rings is 1. The number of nitrogens with two attached hydrogens (primary N) is 1. The molecule has 98 valence electrons. The van der Waals surface area contributed by atoms with Crippen molar-refractivity contribution in [2.24, 2.45) is 0 Å². The van der Waals surface area contributed by atoms with Crippen LogP contribution in [0.15, 0.2) is 24.3 Å². The van der Waals surface area contributed by atoms with Gasteiger partial charge in [-0.15, -0.1) is 0 Å². The van der Waals surface area contributed by atoms with Crippen molar-refractivity contribution in [2.75, 3.05) is 5.73 Å². The molecule has 2 rings (SSSR count). The molecule has 2 aromatic rings. The number of hydrogen-bond donors (Lipinski definition) is 1. The lowest BCUT2D eigenvalue weighted by molar-refractivity contribution is -0.386. The Bertz CT molecular complexity index is 631. The second-order valence-electron chi connectivity index (χ2n) is 3.63. The Kier molecular flexibility index (Phi) is 3.79. The van der Waals surface area contributed by atoms with Gasteiger partial charge in [0.1, 0.15) is 11.4 Å². The first-order valence-corrected chi connectivity index (χ1v) is 6.27. The molecular weight excluding hydrogens is 363 g/mol. The molecule has 2 N–H and O–H groups in total. The van der Waals surface area contributed by atoms with Crippen LogP contribution < -0.4 is 10.5 Å². The molecule has 0 fully saturated rings. The number of ether oxygens (including phenoxy) is 1. The monoisotopic (exact) mass is 372 g/mol. The first kappa shape index (κ1) is 13.5. The molecule has 0 unspecified atom stereocenters. The van der Waals surface area contributed by atoms with Gasteiger partial charge in [-0.3, -0.25) is 10.1 Å². The van der Waals surface area contributed by atoms with Gasteiger partial charge in [0.15, 0.2) is 0 Å². The first-order valence-electron chi connectivity index (χ1n) is 5.19. The Balaban J connectivity index is 2.44. The molecule has 8 heteroatoms. The molecule has 0 spiro atoms. The van der Waals surface area contributed by atoms with E-state index in [1.807, 2.05) is 12.1 Å². The van der Waals surface area contributed by atoms with E-state index in [-0.39, 0.29) is 23.2 Å². The third-order valence-electron chi connectivity index (χ3n) is 2.25. The number of nitrogen functional groups attached to an aromatic ring is 1. The van der Waals surface area contributed by atoms with Gasteiger partial charge >= 0.3 is 11.6 Å². The van der Waals surface area contributed by atoms with Crippen LogP contribution in [-0.4, -0.2) is 14.9 Å². The highest BCUT2D eigenvalue weighted by atomic mass is 127. The minimum Gasteiger partial charge on any atom is -0.434 e. The second-order valence-corrected chi connectivity index (χ2v) is 4.88. The fourth-order valence-electron chi connectivity index (χ4n) is 1.46. The smallest absolute Gasteiger partial charge is 0.352 e. The number of hydrogen-bond acceptors (Lipinski definition) is 6. The fourth-order valence-corrected chi connectivity index (χ4v) is 1.82. The molecule has 0 bridgehead atoms. The minimum atomic E-state index is -0.587. The minimum absolute atomic E-state index is 0.0661. The second kappa shape index (κ2) is 5.34. The zero-order valence-corrected chi connectivity index (χ0v) is 12.0. The third-order valence-corrected chi connectivity index (χ3v) is 2.97. The summed E-state index contributed by atoms with van der Waals surface area (Å²) in [5, 5.41) is 11.0. The van der Waals surface area contributed by atoms with Gasteiger partial charge in [-0.2, -0.15) is 4.98 Å². The third kappa shape index (κ3) is 3.08. The Morgan fingerprint density at radius 2 is 1.95 bits per heavy atom. The average molecular weight is 372 g/mol. The van der Waals surface area contributed by atoms with Crippen molar-refractivity contribution < 1.29 is 9.66 Å². The summed E-state index contributed by atoms with van der Waals surface area (Å²) in [7, 11) is 0. The molecule has 0 saturated carbocycles. The molecular formula is C11H9IN4O3. The number of anilines is 1. The molecule has 7 nitrogen and oxygen atoms in total. The molecule has 19 heavy (non-hydrogen) atoms. The largest absolute Gasteiger partial charge is 0.434 e. The topological polar surface area (TPSA) is 104 Å². The maximum Gasteiger partial charge on any atom is 0.352 e. The van der Waals surface area contributed by atoms with Crippen LogP contribution in [0.1, 0.15) is 5.69 Å². The summed E-state index contributed by atoms with van der Waals surface area (Å²) in [5.41, 5.74) is 5.36. The number of halogens is 1. The van der Waals surface area contributed by atoms with Crippen LogP contribution in [0, 0.1) is 20.6 Å². The summed E-state index contributed by atoms with van der Waals surface area (Å²) >= 11 is 2.15. The van der Waals surface area contributed by atoms with Crippen molar-refractivity contribution in [3.63, 3.8) is 0 Å². The maximum absolute atomic E-state index is 11.0. The summed E-state index contributed by atoms with van der Waals surface area (Å²) in [6, 6.07) is 7.02. The summed E-state index contributed by atoms with van der Waals surface area (Å²) < 4.78 is 6.44. The summed E-state index contributed by atoms with van der Waals surface area (Å²) in [5.74, 6) is 0.223. The highest BCUT2D eigenvalue weighted by Crippen LogP contribution is 2.31. The van der Waals surface area contributed by atoms with Gasteiger partial charge in [0, 0.05) is 3.57 Å². The summed E-state index contributed by atoms with van der Waals surface area (Å²) in [6.45, 7) is 1.48.